The number of nitrogens with zero attached hydrogens (tertiary/aromatic N) is 1. The van der Waals surface area contributed by atoms with Crippen LogP contribution < -0.4 is 10.1 Å². The SMILES string of the molecule is COc1ccc2c(c1)NC(=O)/C(=C\N(C)C)C2=O. The molecule has 1 amide bonds. The van der Waals surface area contributed by atoms with Crippen LogP contribution in [-0.4, -0.2) is 37.8 Å². The van der Waals surface area contributed by atoms with Crippen LogP contribution in [-0.2, 0) is 4.79 Å². The van der Waals surface area contributed by atoms with E-state index in [1.54, 1.807) is 37.2 Å². The van der Waals surface area contributed by atoms with Gasteiger partial charge in [0.25, 0.3) is 5.91 Å². The van der Waals surface area contributed by atoms with Gasteiger partial charge in [0, 0.05) is 31.9 Å². The van der Waals surface area contributed by atoms with Crippen LogP contribution in [0.2, 0.25) is 0 Å². The van der Waals surface area contributed by atoms with Crippen molar-refractivity contribution in [1.82, 2.24) is 4.90 Å². The molecule has 0 aliphatic carbocycles. The summed E-state index contributed by atoms with van der Waals surface area (Å²) in [6.45, 7) is 0. The number of carbonyl (C=O) groups is 2. The Morgan fingerprint density at radius 2 is 2.00 bits per heavy atom. The summed E-state index contributed by atoms with van der Waals surface area (Å²) in [4.78, 5) is 25.7. The van der Waals surface area contributed by atoms with Crippen LogP contribution in [0.3, 0.4) is 0 Å². The number of fused-ring (bicyclic) bond motifs is 1. The molecule has 1 aliphatic heterocycles. The van der Waals surface area contributed by atoms with E-state index in [2.05, 4.69) is 5.32 Å². The van der Waals surface area contributed by atoms with E-state index in [1.165, 1.54) is 13.3 Å². The lowest BCUT2D eigenvalue weighted by Gasteiger charge is -2.19. The number of hydrogen-bond donors (Lipinski definition) is 1. The maximum absolute atomic E-state index is 12.2. The quantitative estimate of drug-likeness (QED) is 0.630. The average Bonchev–Trinajstić information content (AvgIpc) is 2.33. The molecule has 5 nitrogen and oxygen atoms in total. The van der Waals surface area contributed by atoms with E-state index in [0.717, 1.165) is 0 Å². The van der Waals surface area contributed by atoms with Gasteiger partial charge in [-0.3, -0.25) is 9.59 Å². The molecule has 18 heavy (non-hydrogen) atoms. The summed E-state index contributed by atoms with van der Waals surface area (Å²) in [5, 5.41) is 2.69. The molecule has 0 atom stereocenters. The molecule has 0 saturated heterocycles. The molecule has 1 aliphatic rings. The van der Waals surface area contributed by atoms with Gasteiger partial charge in [-0.05, 0) is 12.1 Å². The summed E-state index contributed by atoms with van der Waals surface area (Å²) in [5.74, 6) is -0.0681. The van der Waals surface area contributed by atoms with E-state index in [4.69, 9.17) is 4.74 Å². The molecule has 94 valence electrons. The topological polar surface area (TPSA) is 58.6 Å². The molecule has 2 rings (SSSR count). The van der Waals surface area contributed by atoms with E-state index in [-0.39, 0.29) is 11.4 Å². The van der Waals surface area contributed by atoms with Gasteiger partial charge in [-0.1, -0.05) is 0 Å². The standard InChI is InChI=1S/C13H14N2O3/c1-15(2)7-10-12(16)9-5-4-8(18-3)6-11(9)14-13(10)17/h4-7H,1-3H3,(H,14,17)/b10-7-. The Bertz CT molecular complexity index is 547. The zero-order valence-corrected chi connectivity index (χ0v) is 10.5. The molecule has 0 fully saturated rings. The fourth-order valence-electron chi connectivity index (χ4n) is 1.77. The van der Waals surface area contributed by atoms with Crippen molar-refractivity contribution in [3.05, 3.63) is 35.5 Å². The molecule has 0 spiro atoms. The number of rotatable bonds is 2. The van der Waals surface area contributed by atoms with Gasteiger partial charge in [0.15, 0.2) is 0 Å². The number of ether oxygens (including phenoxy) is 1. The van der Waals surface area contributed by atoms with E-state index in [0.29, 0.717) is 17.0 Å². The molecule has 1 heterocycles. The second-order valence-electron chi connectivity index (χ2n) is 4.20. The van der Waals surface area contributed by atoms with Crippen molar-refractivity contribution >= 4 is 17.4 Å². The van der Waals surface area contributed by atoms with Crippen LogP contribution in [0.25, 0.3) is 0 Å². The van der Waals surface area contributed by atoms with Crippen LogP contribution in [0.1, 0.15) is 10.4 Å². The fourth-order valence-corrected chi connectivity index (χ4v) is 1.77. The minimum atomic E-state index is -0.394. The second-order valence-corrected chi connectivity index (χ2v) is 4.20. The third-order valence-electron chi connectivity index (χ3n) is 2.60. The molecule has 0 saturated carbocycles. The van der Waals surface area contributed by atoms with Crippen LogP contribution in [0, 0.1) is 0 Å². The first-order chi connectivity index (χ1) is 8.52. The summed E-state index contributed by atoms with van der Waals surface area (Å²) < 4.78 is 5.06. The number of methoxy groups -OCH3 is 1. The van der Waals surface area contributed by atoms with Gasteiger partial charge in [-0.25, -0.2) is 0 Å². The second kappa shape index (κ2) is 4.52. The molecule has 1 aromatic rings. The van der Waals surface area contributed by atoms with E-state index >= 15 is 0 Å². The molecule has 0 aromatic heterocycles. The van der Waals surface area contributed by atoms with Crippen LogP contribution in [0.5, 0.6) is 5.75 Å². The van der Waals surface area contributed by atoms with E-state index < -0.39 is 5.91 Å². The molecule has 1 N–H and O–H groups in total. The lowest BCUT2D eigenvalue weighted by molar-refractivity contribution is -0.112. The number of amides is 1. The molecule has 5 heteroatoms. The Kier molecular flexibility index (Phi) is 3.06. The number of hydrogen-bond acceptors (Lipinski definition) is 4. The van der Waals surface area contributed by atoms with Gasteiger partial charge < -0.3 is 15.0 Å². The Hall–Kier alpha value is -2.30. The number of anilines is 1. The molecule has 0 unspecified atom stereocenters. The first-order valence-electron chi connectivity index (χ1n) is 5.45. The maximum Gasteiger partial charge on any atom is 0.261 e. The van der Waals surface area contributed by atoms with Crippen LogP contribution in [0.15, 0.2) is 30.0 Å². The smallest absolute Gasteiger partial charge is 0.261 e. The van der Waals surface area contributed by atoms with Gasteiger partial charge in [-0.2, -0.15) is 0 Å². The molecule has 0 radical (unpaired) electrons. The van der Waals surface area contributed by atoms with E-state index in [9.17, 15) is 9.59 Å². The van der Waals surface area contributed by atoms with Crippen molar-refractivity contribution in [3.8, 4) is 5.75 Å². The van der Waals surface area contributed by atoms with Crippen LogP contribution in [0.4, 0.5) is 5.69 Å². The lowest BCUT2D eigenvalue weighted by Crippen LogP contribution is -2.28. The molecule has 0 bridgehead atoms. The van der Waals surface area contributed by atoms with Crippen molar-refractivity contribution < 1.29 is 14.3 Å². The highest BCUT2D eigenvalue weighted by molar-refractivity contribution is 6.33. The number of benzene rings is 1. The normalized spacial score (nSPS) is 16.3. The highest BCUT2D eigenvalue weighted by Gasteiger charge is 2.28. The largest absolute Gasteiger partial charge is 0.497 e. The Morgan fingerprint density at radius 1 is 1.28 bits per heavy atom. The van der Waals surface area contributed by atoms with Gasteiger partial charge in [0.05, 0.1) is 12.8 Å². The van der Waals surface area contributed by atoms with Gasteiger partial charge in [0.1, 0.15) is 11.3 Å². The Balaban J connectivity index is 2.48. The predicted molar refractivity (Wildman–Crippen MR) is 67.7 cm³/mol. The molecule has 1 aromatic carbocycles. The number of nitrogens with one attached hydrogen (secondary N) is 1. The highest BCUT2D eigenvalue weighted by atomic mass is 16.5. The van der Waals surface area contributed by atoms with Crippen molar-refractivity contribution in [2.45, 2.75) is 0 Å². The first kappa shape index (κ1) is 12.2. The molecular weight excluding hydrogens is 232 g/mol. The zero-order valence-electron chi connectivity index (χ0n) is 10.5. The predicted octanol–water partition coefficient (Wildman–Crippen LogP) is 1.28. The lowest BCUT2D eigenvalue weighted by atomic mass is 9.97. The zero-order chi connectivity index (χ0) is 13.3. The van der Waals surface area contributed by atoms with E-state index in [1.807, 2.05) is 0 Å². The monoisotopic (exact) mass is 246 g/mol. The third kappa shape index (κ3) is 2.07. The average molecular weight is 246 g/mol. The van der Waals surface area contributed by atoms with Crippen molar-refractivity contribution in [2.24, 2.45) is 0 Å². The number of ketones is 1. The first-order valence-corrected chi connectivity index (χ1v) is 5.45. The third-order valence-corrected chi connectivity index (χ3v) is 2.60. The fraction of sp³-hybridized carbons (Fsp3) is 0.231. The summed E-state index contributed by atoms with van der Waals surface area (Å²) in [6.07, 6.45) is 1.52. The maximum atomic E-state index is 12.2. The summed E-state index contributed by atoms with van der Waals surface area (Å²) in [5.41, 5.74) is 1.10. The van der Waals surface area contributed by atoms with Gasteiger partial charge in [0.2, 0.25) is 5.78 Å². The summed E-state index contributed by atoms with van der Waals surface area (Å²) >= 11 is 0. The van der Waals surface area contributed by atoms with Crippen LogP contribution >= 0.6 is 0 Å². The minimum Gasteiger partial charge on any atom is -0.497 e. The number of carbonyl (C=O) groups excluding carboxylic acids is 2. The van der Waals surface area contributed by atoms with Gasteiger partial charge in [-0.15, -0.1) is 0 Å². The van der Waals surface area contributed by atoms with Crippen molar-refractivity contribution in [2.75, 3.05) is 26.5 Å². The van der Waals surface area contributed by atoms with Gasteiger partial charge >= 0.3 is 0 Å². The number of Topliss-reactive ketones (excluding diaryl/α,β-unsaturated/α-hetero) is 1. The van der Waals surface area contributed by atoms with Crippen molar-refractivity contribution in [1.29, 1.82) is 0 Å². The van der Waals surface area contributed by atoms with Crippen molar-refractivity contribution in [3.63, 3.8) is 0 Å². The summed E-state index contributed by atoms with van der Waals surface area (Å²) in [7, 11) is 5.06. The minimum absolute atomic E-state index is 0.137. The molecular formula is C13H14N2O3. The Labute approximate surface area is 105 Å². The Morgan fingerprint density at radius 3 is 2.61 bits per heavy atom. The highest BCUT2D eigenvalue weighted by Crippen LogP contribution is 2.29. The summed E-state index contributed by atoms with van der Waals surface area (Å²) in [6, 6.07) is 4.98.